The molecule has 2 aromatic heterocycles. The molecule has 0 aromatic carbocycles. The van der Waals surface area contributed by atoms with Gasteiger partial charge in [0.1, 0.15) is 5.82 Å². The second-order valence-corrected chi connectivity index (χ2v) is 5.05. The lowest BCUT2D eigenvalue weighted by Gasteiger charge is -2.07. The fraction of sp³-hybridized carbons (Fsp3) is 0.182. The molecule has 78 valence electrons. The van der Waals surface area contributed by atoms with Crippen molar-refractivity contribution in [2.45, 2.75) is 13.5 Å². The monoisotopic (exact) mass is 282 g/mol. The standard InChI is InChI=1S/C11H11BrN2S/c1-8-4-5-13-11(10(8)12)14-7-9-3-2-6-15-9/h2-6H,7H2,1H3,(H,13,14). The first-order chi connectivity index (χ1) is 7.27. The molecule has 0 radical (unpaired) electrons. The summed E-state index contributed by atoms with van der Waals surface area (Å²) < 4.78 is 1.04. The topological polar surface area (TPSA) is 24.9 Å². The van der Waals surface area contributed by atoms with Crippen molar-refractivity contribution in [3.05, 3.63) is 44.7 Å². The van der Waals surface area contributed by atoms with Crippen LogP contribution in [-0.4, -0.2) is 4.98 Å². The molecule has 0 saturated carbocycles. The summed E-state index contributed by atoms with van der Waals surface area (Å²) in [5.74, 6) is 0.906. The van der Waals surface area contributed by atoms with Crippen molar-refractivity contribution in [2.24, 2.45) is 0 Å². The first-order valence-corrected chi connectivity index (χ1v) is 6.32. The number of anilines is 1. The van der Waals surface area contributed by atoms with E-state index in [1.165, 1.54) is 10.4 Å². The van der Waals surface area contributed by atoms with Gasteiger partial charge in [-0.15, -0.1) is 11.3 Å². The number of nitrogens with zero attached hydrogens (tertiary/aromatic N) is 1. The number of aromatic nitrogens is 1. The van der Waals surface area contributed by atoms with Crippen molar-refractivity contribution in [3.63, 3.8) is 0 Å². The molecule has 0 atom stereocenters. The summed E-state index contributed by atoms with van der Waals surface area (Å²) in [6.07, 6.45) is 1.82. The zero-order chi connectivity index (χ0) is 10.7. The van der Waals surface area contributed by atoms with Crippen LogP contribution in [-0.2, 0) is 6.54 Å². The van der Waals surface area contributed by atoms with Gasteiger partial charge < -0.3 is 5.32 Å². The van der Waals surface area contributed by atoms with Gasteiger partial charge in [-0.05, 0) is 45.9 Å². The Hall–Kier alpha value is -0.870. The first kappa shape index (κ1) is 10.6. The molecule has 0 fully saturated rings. The summed E-state index contributed by atoms with van der Waals surface area (Å²) in [5, 5.41) is 5.39. The van der Waals surface area contributed by atoms with Crippen molar-refractivity contribution in [1.82, 2.24) is 4.98 Å². The van der Waals surface area contributed by atoms with E-state index in [9.17, 15) is 0 Å². The molecule has 0 aliphatic rings. The minimum atomic E-state index is 0.826. The van der Waals surface area contributed by atoms with Gasteiger partial charge in [-0.2, -0.15) is 0 Å². The Morgan fingerprint density at radius 1 is 1.47 bits per heavy atom. The molecule has 2 rings (SSSR count). The first-order valence-electron chi connectivity index (χ1n) is 4.65. The van der Waals surface area contributed by atoms with Crippen LogP contribution in [0.2, 0.25) is 0 Å². The third-order valence-corrected chi connectivity index (χ3v) is 3.97. The highest BCUT2D eigenvalue weighted by molar-refractivity contribution is 9.10. The lowest BCUT2D eigenvalue weighted by atomic mass is 10.3. The van der Waals surface area contributed by atoms with Gasteiger partial charge in [0, 0.05) is 11.1 Å². The SMILES string of the molecule is Cc1ccnc(NCc2cccs2)c1Br. The lowest BCUT2D eigenvalue weighted by Crippen LogP contribution is -2.01. The fourth-order valence-electron chi connectivity index (χ4n) is 1.25. The van der Waals surface area contributed by atoms with E-state index in [4.69, 9.17) is 0 Å². The van der Waals surface area contributed by atoms with E-state index in [0.717, 1.165) is 16.8 Å². The number of thiophene rings is 1. The van der Waals surface area contributed by atoms with E-state index < -0.39 is 0 Å². The second-order valence-electron chi connectivity index (χ2n) is 3.22. The van der Waals surface area contributed by atoms with E-state index in [1.54, 1.807) is 11.3 Å². The molecule has 0 bridgehead atoms. The van der Waals surface area contributed by atoms with Crippen molar-refractivity contribution < 1.29 is 0 Å². The van der Waals surface area contributed by atoms with E-state index in [-0.39, 0.29) is 0 Å². The Bertz CT molecular complexity index is 440. The van der Waals surface area contributed by atoms with Crippen LogP contribution >= 0.6 is 27.3 Å². The number of hydrogen-bond acceptors (Lipinski definition) is 3. The third kappa shape index (κ3) is 2.58. The van der Waals surface area contributed by atoms with E-state index in [0.29, 0.717) is 0 Å². The molecular weight excluding hydrogens is 272 g/mol. The molecule has 2 heterocycles. The Balaban J connectivity index is 2.08. The van der Waals surface area contributed by atoms with Crippen LogP contribution < -0.4 is 5.32 Å². The van der Waals surface area contributed by atoms with Crippen LogP contribution in [0.5, 0.6) is 0 Å². The summed E-state index contributed by atoms with van der Waals surface area (Å²) in [7, 11) is 0. The van der Waals surface area contributed by atoms with Gasteiger partial charge in [0.05, 0.1) is 11.0 Å². The van der Waals surface area contributed by atoms with E-state index in [2.05, 4.69) is 50.7 Å². The summed E-state index contributed by atoms with van der Waals surface area (Å²) in [4.78, 5) is 5.60. The molecule has 0 spiro atoms. The predicted molar refractivity (Wildman–Crippen MR) is 68.3 cm³/mol. The largest absolute Gasteiger partial charge is 0.364 e. The number of hydrogen-bond donors (Lipinski definition) is 1. The van der Waals surface area contributed by atoms with Crippen molar-refractivity contribution in [1.29, 1.82) is 0 Å². The zero-order valence-corrected chi connectivity index (χ0v) is 10.7. The molecule has 1 N–H and O–H groups in total. The average molecular weight is 283 g/mol. The quantitative estimate of drug-likeness (QED) is 0.926. The van der Waals surface area contributed by atoms with Crippen LogP contribution in [0.3, 0.4) is 0 Å². The maximum Gasteiger partial charge on any atom is 0.140 e. The smallest absolute Gasteiger partial charge is 0.140 e. The van der Waals surface area contributed by atoms with E-state index in [1.807, 2.05) is 12.3 Å². The normalized spacial score (nSPS) is 10.3. The van der Waals surface area contributed by atoms with Crippen LogP contribution in [0, 0.1) is 6.92 Å². The van der Waals surface area contributed by atoms with Gasteiger partial charge in [0.25, 0.3) is 0 Å². The molecule has 0 unspecified atom stereocenters. The molecule has 2 aromatic rings. The molecule has 0 amide bonds. The van der Waals surface area contributed by atoms with Gasteiger partial charge in [-0.25, -0.2) is 4.98 Å². The van der Waals surface area contributed by atoms with Gasteiger partial charge in [0.15, 0.2) is 0 Å². The third-order valence-electron chi connectivity index (χ3n) is 2.09. The lowest BCUT2D eigenvalue weighted by molar-refractivity contribution is 1.12. The highest BCUT2D eigenvalue weighted by Gasteiger charge is 2.03. The Morgan fingerprint density at radius 3 is 3.07 bits per heavy atom. The number of aryl methyl sites for hydroxylation is 1. The van der Waals surface area contributed by atoms with Crippen molar-refractivity contribution >= 4 is 33.1 Å². The summed E-state index contributed by atoms with van der Waals surface area (Å²) >= 11 is 5.27. The van der Waals surface area contributed by atoms with Gasteiger partial charge in [-0.1, -0.05) is 6.07 Å². The van der Waals surface area contributed by atoms with E-state index >= 15 is 0 Å². The predicted octanol–water partition coefficient (Wildman–Crippen LogP) is 3.83. The average Bonchev–Trinajstić information content (AvgIpc) is 2.73. The molecule has 0 saturated heterocycles. The molecule has 4 heteroatoms. The maximum absolute atomic E-state index is 4.29. The summed E-state index contributed by atoms with van der Waals surface area (Å²) in [5.41, 5.74) is 1.19. The minimum absolute atomic E-state index is 0.826. The number of nitrogens with one attached hydrogen (secondary N) is 1. The van der Waals surface area contributed by atoms with Crippen LogP contribution in [0.15, 0.2) is 34.2 Å². The van der Waals surface area contributed by atoms with Crippen molar-refractivity contribution in [2.75, 3.05) is 5.32 Å². The van der Waals surface area contributed by atoms with Gasteiger partial charge in [0.2, 0.25) is 0 Å². The number of pyridine rings is 1. The molecule has 0 aliphatic carbocycles. The van der Waals surface area contributed by atoms with Crippen molar-refractivity contribution in [3.8, 4) is 0 Å². The second kappa shape index (κ2) is 4.77. The van der Waals surface area contributed by atoms with Gasteiger partial charge in [-0.3, -0.25) is 0 Å². The Labute approximate surface area is 101 Å². The fourth-order valence-corrected chi connectivity index (χ4v) is 2.27. The molecule has 15 heavy (non-hydrogen) atoms. The van der Waals surface area contributed by atoms with Gasteiger partial charge >= 0.3 is 0 Å². The Kier molecular flexibility index (Phi) is 3.38. The number of halogens is 1. The summed E-state index contributed by atoms with van der Waals surface area (Å²) in [6.45, 7) is 2.88. The van der Waals surface area contributed by atoms with Crippen LogP contribution in [0.25, 0.3) is 0 Å². The van der Waals surface area contributed by atoms with Crippen LogP contribution in [0.1, 0.15) is 10.4 Å². The zero-order valence-electron chi connectivity index (χ0n) is 8.33. The molecule has 0 aliphatic heterocycles. The number of rotatable bonds is 3. The molecule has 2 nitrogen and oxygen atoms in total. The molecular formula is C11H11BrN2S. The highest BCUT2D eigenvalue weighted by atomic mass is 79.9. The minimum Gasteiger partial charge on any atom is -0.364 e. The maximum atomic E-state index is 4.29. The highest BCUT2D eigenvalue weighted by Crippen LogP contribution is 2.24. The summed E-state index contributed by atoms with van der Waals surface area (Å²) in [6, 6.07) is 6.15. The van der Waals surface area contributed by atoms with Crippen LogP contribution in [0.4, 0.5) is 5.82 Å². The Morgan fingerprint density at radius 2 is 2.33 bits per heavy atom.